The van der Waals surface area contributed by atoms with E-state index in [0.29, 0.717) is 11.0 Å². The lowest BCUT2D eigenvalue weighted by atomic mass is 9.96. The summed E-state index contributed by atoms with van der Waals surface area (Å²) in [5.41, 5.74) is 4.24. The average molecular weight is 396 g/mol. The van der Waals surface area contributed by atoms with Gasteiger partial charge in [0.05, 0.1) is 5.69 Å². The van der Waals surface area contributed by atoms with E-state index in [2.05, 4.69) is 28.5 Å². The molecule has 5 nitrogen and oxygen atoms in total. The monoisotopic (exact) mass is 395 g/mol. The van der Waals surface area contributed by atoms with Gasteiger partial charge in [-0.2, -0.15) is 0 Å². The van der Waals surface area contributed by atoms with Crippen molar-refractivity contribution < 1.29 is 9.59 Å². The molecule has 146 valence electrons. The molecule has 2 fully saturated rings. The number of aryl methyl sites for hydroxylation is 1. The van der Waals surface area contributed by atoms with Crippen LogP contribution in [0.1, 0.15) is 50.5 Å². The Kier molecular flexibility index (Phi) is 4.67. The fourth-order valence-electron chi connectivity index (χ4n) is 4.40. The third kappa shape index (κ3) is 3.46. The van der Waals surface area contributed by atoms with E-state index in [4.69, 9.17) is 0 Å². The smallest absolute Gasteiger partial charge is 0.230 e. The minimum absolute atomic E-state index is 0.0902. The van der Waals surface area contributed by atoms with Crippen LogP contribution >= 0.6 is 11.3 Å². The average Bonchev–Trinajstić information content (AvgIpc) is 3.23. The van der Waals surface area contributed by atoms with Crippen LogP contribution in [0.3, 0.4) is 0 Å². The van der Waals surface area contributed by atoms with Crippen molar-refractivity contribution in [1.29, 1.82) is 0 Å². The maximum atomic E-state index is 13.0. The number of anilines is 2. The second-order valence-electron chi connectivity index (χ2n) is 8.22. The summed E-state index contributed by atoms with van der Waals surface area (Å²) < 4.78 is 0. The summed E-state index contributed by atoms with van der Waals surface area (Å²) in [6, 6.07) is 6.31. The Labute approximate surface area is 169 Å². The Morgan fingerprint density at radius 2 is 1.89 bits per heavy atom. The second kappa shape index (κ2) is 7.32. The van der Waals surface area contributed by atoms with Crippen molar-refractivity contribution in [3.63, 3.8) is 0 Å². The number of nitrogens with zero attached hydrogens (tertiary/aromatic N) is 2. The van der Waals surface area contributed by atoms with Gasteiger partial charge in [0.15, 0.2) is 5.13 Å². The molecule has 6 heteroatoms. The van der Waals surface area contributed by atoms with Crippen LogP contribution in [0, 0.1) is 11.8 Å². The van der Waals surface area contributed by atoms with Gasteiger partial charge in [0.25, 0.3) is 0 Å². The number of amides is 2. The molecule has 0 bridgehead atoms. The van der Waals surface area contributed by atoms with Crippen LogP contribution in [-0.2, 0) is 16.0 Å². The first kappa shape index (κ1) is 17.9. The van der Waals surface area contributed by atoms with Crippen molar-refractivity contribution in [2.75, 3.05) is 16.8 Å². The lowest BCUT2D eigenvalue weighted by Crippen LogP contribution is -2.39. The fourth-order valence-corrected chi connectivity index (χ4v) is 5.12. The third-order valence-electron chi connectivity index (χ3n) is 6.15. The van der Waals surface area contributed by atoms with Gasteiger partial charge in [-0.1, -0.05) is 18.9 Å². The largest absolute Gasteiger partial charge is 0.312 e. The molecular formula is C22H25N3O2S. The summed E-state index contributed by atoms with van der Waals surface area (Å²) in [6.07, 6.45) is 8.42. The van der Waals surface area contributed by atoms with Gasteiger partial charge >= 0.3 is 0 Å². The number of carbonyl (C=O) groups is 2. The van der Waals surface area contributed by atoms with Gasteiger partial charge < -0.3 is 10.2 Å². The number of thiazole rings is 1. The molecule has 2 aromatic rings. The highest BCUT2D eigenvalue weighted by Crippen LogP contribution is 2.36. The van der Waals surface area contributed by atoms with Crippen LogP contribution in [0.4, 0.5) is 10.8 Å². The summed E-state index contributed by atoms with van der Waals surface area (Å²) in [4.78, 5) is 31.5. The minimum atomic E-state index is 0.0902. The zero-order valence-electron chi connectivity index (χ0n) is 15.9. The first-order valence-corrected chi connectivity index (χ1v) is 11.3. The first-order chi connectivity index (χ1) is 13.7. The molecule has 0 unspecified atom stereocenters. The standard InChI is InChI=1S/C22H25N3O2S/c26-20(14-7-8-14)24-22-23-18(13-28-22)16-9-10-19-17(12-16)6-3-11-25(19)21(27)15-4-1-2-5-15/h9-10,12-15H,1-8,11H2,(H,23,24,26). The van der Waals surface area contributed by atoms with E-state index in [9.17, 15) is 9.59 Å². The van der Waals surface area contributed by atoms with Crippen molar-refractivity contribution in [3.05, 3.63) is 29.1 Å². The predicted octanol–water partition coefficient (Wildman–Crippen LogP) is 4.63. The highest BCUT2D eigenvalue weighted by molar-refractivity contribution is 7.14. The van der Waals surface area contributed by atoms with Crippen LogP contribution < -0.4 is 10.2 Å². The Morgan fingerprint density at radius 3 is 2.68 bits per heavy atom. The number of carbonyl (C=O) groups excluding carboxylic acids is 2. The number of benzene rings is 1. The van der Waals surface area contributed by atoms with Crippen molar-refractivity contribution in [2.45, 2.75) is 51.4 Å². The molecule has 0 atom stereocenters. The number of hydrogen-bond donors (Lipinski definition) is 1. The lowest BCUT2D eigenvalue weighted by molar-refractivity contribution is -0.122. The van der Waals surface area contributed by atoms with Gasteiger partial charge in [0.1, 0.15) is 0 Å². The van der Waals surface area contributed by atoms with Crippen molar-refractivity contribution in [2.24, 2.45) is 11.8 Å². The second-order valence-corrected chi connectivity index (χ2v) is 9.08. The van der Waals surface area contributed by atoms with E-state index >= 15 is 0 Å². The first-order valence-electron chi connectivity index (χ1n) is 10.4. The summed E-state index contributed by atoms with van der Waals surface area (Å²) in [7, 11) is 0. The molecule has 1 aliphatic heterocycles. The molecule has 5 rings (SSSR count). The molecule has 2 saturated carbocycles. The molecule has 1 aromatic heterocycles. The van der Waals surface area contributed by atoms with Crippen LogP contribution in [0.2, 0.25) is 0 Å². The Hall–Kier alpha value is -2.21. The zero-order chi connectivity index (χ0) is 19.1. The van der Waals surface area contributed by atoms with E-state index in [1.807, 2.05) is 10.3 Å². The van der Waals surface area contributed by atoms with E-state index in [1.165, 1.54) is 29.7 Å². The quantitative estimate of drug-likeness (QED) is 0.821. The molecule has 3 aliphatic rings. The van der Waals surface area contributed by atoms with Crippen LogP contribution in [0.5, 0.6) is 0 Å². The number of nitrogens with one attached hydrogen (secondary N) is 1. The van der Waals surface area contributed by atoms with Gasteiger partial charge in [-0.3, -0.25) is 9.59 Å². The molecular weight excluding hydrogens is 370 g/mol. The highest BCUT2D eigenvalue weighted by Gasteiger charge is 2.31. The Bertz CT molecular complexity index is 912. The van der Waals surface area contributed by atoms with E-state index in [0.717, 1.165) is 62.0 Å². The number of fused-ring (bicyclic) bond motifs is 1. The number of hydrogen-bond acceptors (Lipinski definition) is 4. The SMILES string of the molecule is O=C(Nc1nc(-c2ccc3c(c2)CCCN3C(=O)C2CCCC2)cs1)C1CC1. The Balaban J connectivity index is 1.36. The Morgan fingerprint density at radius 1 is 1.07 bits per heavy atom. The van der Waals surface area contributed by atoms with Crippen molar-refractivity contribution >= 4 is 34.0 Å². The molecule has 1 N–H and O–H groups in total. The zero-order valence-corrected chi connectivity index (χ0v) is 16.8. The maximum absolute atomic E-state index is 13.0. The number of rotatable bonds is 4. The van der Waals surface area contributed by atoms with E-state index in [1.54, 1.807) is 0 Å². The maximum Gasteiger partial charge on any atom is 0.230 e. The van der Waals surface area contributed by atoms with Gasteiger partial charge in [-0.15, -0.1) is 11.3 Å². The summed E-state index contributed by atoms with van der Waals surface area (Å²) in [6.45, 7) is 0.829. The summed E-state index contributed by atoms with van der Waals surface area (Å²) in [5.74, 6) is 0.790. The van der Waals surface area contributed by atoms with Gasteiger partial charge in [0.2, 0.25) is 11.8 Å². The molecule has 0 spiro atoms. The van der Waals surface area contributed by atoms with Gasteiger partial charge in [-0.05, 0) is 56.2 Å². The normalized spacial score (nSPS) is 19.5. The molecule has 2 heterocycles. The molecule has 0 saturated heterocycles. The fraction of sp³-hybridized carbons (Fsp3) is 0.500. The summed E-state index contributed by atoms with van der Waals surface area (Å²) >= 11 is 1.47. The molecule has 0 radical (unpaired) electrons. The highest BCUT2D eigenvalue weighted by atomic mass is 32.1. The topological polar surface area (TPSA) is 62.3 Å². The van der Waals surface area contributed by atoms with E-state index < -0.39 is 0 Å². The molecule has 1 aromatic carbocycles. The minimum Gasteiger partial charge on any atom is -0.312 e. The van der Waals surface area contributed by atoms with Crippen LogP contribution in [0.15, 0.2) is 23.6 Å². The summed E-state index contributed by atoms with van der Waals surface area (Å²) in [5, 5.41) is 5.59. The molecule has 2 aliphatic carbocycles. The van der Waals surface area contributed by atoms with Crippen molar-refractivity contribution in [3.8, 4) is 11.3 Å². The lowest BCUT2D eigenvalue weighted by Gasteiger charge is -2.31. The van der Waals surface area contributed by atoms with Gasteiger partial charge in [-0.25, -0.2) is 4.98 Å². The molecule has 2 amide bonds. The van der Waals surface area contributed by atoms with Gasteiger partial charge in [0, 0.05) is 35.0 Å². The molecule has 28 heavy (non-hydrogen) atoms. The number of aromatic nitrogens is 1. The third-order valence-corrected chi connectivity index (χ3v) is 6.90. The van der Waals surface area contributed by atoms with E-state index in [-0.39, 0.29) is 17.7 Å². The van der Waals surface area contributed by atoms with Crippen LogP contribution in [-0.4, -0.2) is 23.3 Å². The van der Waals surface area contributed by atoms with Crippen molar-refractivity contribution in [1.82, 2.24) is 4.98 Å². The predicted molar refractivity (Wildman–Crippen MR) is 112 cm³/mol. The van der Waals surface area contributed by atoms with Crippen LogP contribution in [0.25, 0.3) is 11.3 Å².